The Morgan fingerprint density at radius 3 is 3.06 bits per heavy atom. The largest absolute Gasteiger partial charge is 0.276 e. The van der Waals surface area contributed by atoms with Gasteiger partial charge in [-0.3, -0.25) is 14.9 Å². The minimum Gasteiger partial charge on any atom is -0.276 e. The summed E-state index contributed by atoms with van der Waals surface area (Å²) in [5.41, 5.74) is 0. The van der Waals surface area contributed by atoms with Crippen LogP contribution < -0.4 is 10.7 Å². The zero-order valence-electron chi connectivity index (χ0n) is 9.65. The zero-order chi connectivity index (χ0) is 12.6. The van der Waals surface area contributed by atoms with Gasteiger partial charge >= 0.3 is 0 Å². The van der Waals surface area contributed by atoms with E-state index in [0.717, 1.165) is 0 Å². The molecule has 1 N–H and O–H groups in total. The fraction of sp³-hybridized carbons (Fsp3) is 0.0769. The van der Waals surface area contributed by atoms with Crippen LogP contribution >= 0.6 is 0 Å². The monoisotopic (exact) mass is 240 g/mol. The van der Waals surface area contributed by atoms with Crippen molar-refractivity contribution in [3.05, 3.63) is 53.5 Å². The molecule has 2 rings (SSSR count). The van der Waals surface area contributed by atoms with Crippen molar-refractivity contribution in [1.29, 1.82) is 0 Å². The number of amides is 1. The molecule has 5 nitrogen and oxygen atoms in total. The maximum absolute atomic E-state index is 11.6. The van der Waals surface area contributed by atoms with Crippen LogP contribution in [0.4, 0.5) is 0 Å². The number of aliphatic imine (C=N–C) groups is 1. The van der Waals surface area contributed by atoms with E-state index in [-0.39, 0.29) is 12.3 Å². The van der Waals surface area contributed by atoms with Crippen LogP contribution in [0.5, 0.6) is 0 Å². The van der Waals surface area contributed by atoms with Gasteiger partial charge in [-0.05, 0) is 18.2 Å². The highest BCUT2D eigenvalue weighted by atomic mass is 16.1. The fourth-order valence-electron chi connectivity index (χ4n) is 1.33. The van der Waals surface area contributed by atoms with Gasteiger partial charge in [-0.25, -0.2) is 4.99 Å². The summed E-state index contributed by atoms with van der Waals surface area (Å²) in [5, 5.41) is 7.86. The number of allylic oxidation sites excluding steroid dienone is 4. The first-order valence-corrected chi connectivity index (χ1v) is 5.49. The van der Waals surface area contributed by atoms with Crippen molar-refractivity contribution in [3.8, 4) is 0 Å². The number of aromatic nitrogens is 2. The predicted octanol–water partition coefficient (Wildman–Crippen LogP) is 0.437. The summed E-state index contributed by atoms with van der Waals surface area (Å²) in [6.07, 6.45) is 15.8. The van der Waals surface area contributed by atoms with Gasteiger partial charge in [-0.1, -0.05) is 18.2 Å². The Kier molecular flexibility index (Phi) is 4.13. The molecule has 1 aromatic heterocycles. The molecule has 1 amide bonds. The van der Waals surface area contributed by atoms with Crippen molar-refractivity contribution in [2.45, 2.75) is 6.42 Å². The highest BCUT2D eigenvalue weighted by Crippen LogP contribution is 1.88. The Morgan fingerprint density at radius 1 is 1.17 bits per heavy atom. The van der Waals surface area contributed by atoms with Crippen molar-refractivity contribution >= 4 is 18.2 Å². The highest BCUT2D eigenvalue weighted by Gasteiger charge is 1.95. The number of fused-ring (bicyclic) bond motifs is 1. The summed E-state index contributed by atoms with van der Waals surface area (Å²) in [5.74, 6) is -0.203. The van der Waals surface area contributed by atoms with Crippen molar-refractivity contribution in [2.75, 3.05) is 0 Å². The summed E-state index contributed by atoms with van der Waals surface area (Å²) in [7, 11) is 0. The van der Waals surface area contributed by atoms with E-state index in [9.17, 15) is 4.79 Å². The Labute approximate surface area is 104 Å². The molecule has 0 atom stereocenters. The number of carbonyl (C=O) groups excluding carboxylic acids is 1. The second-order valence-electron chi connectivity index (χ2n) is 3.50. The van der Waals surface area contributed by atoms with Gasteiger partial charge in [0.25, 0.3) is 0 Å². The van der Waals surface area contributed by atoms with Crippen LogP contribution in [-0.4, -0.2) is 22.3 Å². The predicted molar refractivity (Wildman–Crippen MR) is 69.4 cm³/mol. The normalized spacial score (nSPS) is 24.7. The molecule has 0 aromatic carbocycles. The number of nitrogens with zero attached hydrogens (tertiary/aromatic N) is 3. The molecule has 1 aliphatic heterocycles. The molecule has 0 spiro atoms. The minimum atomic E-state index is -0.203. The third-order valence-electron chi connectivity index (χ3n) is 2.15. The zero-order valence-corrected chi connectivity index (χ0v) is 9.65. The van der Waals surface area contributed by atoms with E-state index >= 15 is 0 Å². The van der Waals surface area contributed by atoms with Crippen molar-refractivity contribution in [2.24, 2.45) is 9.98 Å². The molecule has 1 aliphatic rings. The first-order chi connectivity index (χ1) is 8.86. The molecule has 0 saturated heterocycles. The van der Waals surface area contributed by atoms with Gasteiger partial charge in [0.1, 0.15) is 5.36 Å². The second kappa shape index (κ2) is 6.24. The lowest BCUT2D eigenvalue weighted by Gasteiger charge is -1.85. The van der Waals surface area contributed by atoms with E-state index in [4.69, 9.17) is 0 Å². The van der Waals surface area contributed by atoms with Gasteiger partial charge in [-0.2, -0.15) is 5.10 Å². The van der Waals surface area contributed by atoms with Gasteiger partial charge < -0.3 is 0 Å². The van der Waals surface area contributed by atoms with Crippen LogP contribution in [-0.2, 0) is 4.79 Å². The number of carbonyl (C=O) groups is 1. The summed E-state index contributed by atoms with van der Waals surface area (Å²) in [4.78, 5) is 19.6. The molecule has 0 saturated carbocycles. The van der Waals surface area contributed by atoms with Crippen LogP contribution in [0.2, 0.25) is 0 Å². The number of nitrogens with one attached hydrogen (secondary N) is 1. The lowest BCUT2D eigenvalue weighted by atomic mass is 10.3. The molecule has 0 radical (unpaired) electrons. The molecule has 0 aliphatic carbocycles. The van der Waals surface area contributed by atoms with E-state index in [1.807, 2.05) is 6.08 Å². The number of H-pyrrole nitrogens is 1. The Morgan fingerprint density at radius 2 is 2.11 bits per heavy atom. The third-order valence-corrected chi connectivity index (χ3v) is 2.15. The smallest absolute Gasteiger partial charge is 0.250 e. The lowest BCUT2D eigenvalue weighted by molar-refractivity contribution is -0.117. The molecular formula is C13H12N4O. The molecule has 90 valence electrons. The number of rotatable bonds is 0. The topological polar surface area (TPSA) is 70.5 Å². The molecule has 0 unspecified atom stereocenters. The SMILES string of the molecule is O=C1C\C=C/C=C\C=N\C=C/C=c2/[nH]ncc2=N1. The van der Waals surface area contributed by atoms with Crippen molar-refractivity contribution in [1.82, 2.24) is 10.2 Å². The quantitative estimate of drug-likeness (QED) is 0.714. The molecule has 0 bridgehead atoms. The van der Waals surface area contributed by atoms with Gasteiger partial charge in [0.15, 0.2) is 0 Å². The van der Waals surface area contributed by atoms with E-state index in [0.29, 0.717) is 10.7 Å². The summed E-state index contributed by atoms with van der Waals surface area (Å²) in [6, 6.07) is 0. The summed E-state index contributed by atoms with van der Waals surface area (Å²) < 4.78 is 0. The molecular weight excluding hydrogens is 228 g/mol. The van der Waals surface area contributed by atoms with Crippen molar-refractivity contribution < 1.29 is 4.79 Å². The Balaban J connectivity index is 2.42. The maximum atomic E-state index is 11.6. The molecule has 1 aromatic rings. The first-order valence-electron chi connectivity index (χ1n) is 5.49. The Bertz CT molecular complexity index is 647. The standard InChI is InChI=1S/C13H12N4O/c18-13-7-3-1-2-4-8-14-9-5-6-11-12(16-13)10-15-17-11/h1-6,8-10,17H,7H2/b3-1-,4-2-,9-5-,11-6+,14-8+,16-12?. The van der Waals surface area contributed by atoms with E-state index < -0.39 is 0 Å². The average molecular weight is 240 g/mol. The van der Waals surface area contributed by atoms with Crippen molar-refractivity contribution in [3.63, 3.8) is 0 Å². The number of aromatic amines is 1. The van der Waals surface area contributed by atoms with Crippen LogP contribution in [0.3, 0.4) is 0 Å². The van der Waals surface area contributed by atoms with Crippen LogP contribution in [0.1, 0.15) is 6.42 Å². The van der Waals surface area contributed by atoms with E-state index in [1.165, 1.54) is 6.20 Å². The number of hydrogen-bond donors (Lipinski definition) is 1. The number of hydrogen-bond acceptors (Lipinski definition) is 3. The summed E-state index contributed by atoms with van der Waals surface area (Å²) in [6.45, 7) is 0. The third kappa shape index (κ3) is 3.48. The maximum Gasteiger partial charge on any atom is 0.250 e. The average Bonchev–Trinajstić information content (AvgIpc) is 2.78. The molecule has 5 heteroatoms. The van der Waals surface area contributed by atoms with Gasteiger partial charge in [0.05, 0.1) is 11.5 Å². The molecule has 0 fully saturated rings. The lowest BCUT2D eigenvalue weighted by Crippen LogP contribution is -2.23. The van der Waals surface area contributed by atoms with Crippen LogP contribution in [0.25, 0.3) is 6.08 Å². The highest BCUT2D eigenvalue weighted by molar-refractivity contribution is 5.78. The fourth-order valence-corrected chi connectivity index (χ4v) is 1.33. The van der Waals surface area contributed by atoms with E-state index in [2.05, 4.69) is 20.2 Å². The summed E-state index contributed by atoms with van der Waals surface area (Å²) >= 11 is 0. The Hall–Kier alpha value is -2.56. The first kappa shape index (κ1) is 11.9. The van der Waals surface area contributed by atoms with Crippen LogP contribution in [0, 0.1) is 0 Å². The van der Waals surface area contributed by atoms with Gasteiger partial charge in [0, 0.05) is 18.8 Å². The minimum absolute atomic E-state index is 0.203. The van der Waals surface area contributed by atoms with Gasteiger partial charge in [0.2, 0.25) is 5.91 Å². The molecule has 2 heterocycles. The second-order valence-corrected chi connectivity index (χ2v) is 3.50. The van der Waals surface area contributed by atoms with Gasteiger partial charge in [-0.15, -0.1) is 0 Å². The molecule has 18 heavy (non-hydrogen) atoms. The van der Waals surface area contributed by atoms with E-state index in [1.54, 1.807) is 42.8 Å². The van der Waals surface area contributed by atoms with Crippen LogP contribution in [0.15, 0.2) is 52.8 Å².